The second-order valence-corrected chi connectivity index (χ2v) is 7.58. The minimum atomic E-state index is -0.941. The molecule has 0 radical (unpaired) electrons. The van der Waals surface area contributed by atoms with Gasteiger partial charge in [-0.25, -0.2) is 4.79 Å². The summed E-state index contributed by atoms with van der Waals surface area (Å²) >= 11 is 0. The van der Waals surface area contributed by atoms with Gasteiger partial charge in [-0.3, -0.25) is 9.59 Å². The highest BCUT2D eigenvalue weighted by Crippen LogP contribution is 2.17. The minimum absolute atomic E-state index is 0.0556. The number of carbonyl (C=O) groups is 3. The van der Waals surface area contributed by atoms with Gasteiger partial charge in [0.15, 0.2) is 6.10 Å². The van der Waals surface area contributed by atoms with E-state index in [1.54, 1.807) is 20.8 Å². The van der Waals surface area contributed by atoms with E-state index in [0.717, 1.165) is 0 Å². The van der Waals surface area contributed by atoms with Crippen molar-refractivity contribution in [3.63, 3.8) is 0 Å². The summed E-state index contributed by atoms with van der Waals surface area (Å²) in [7, 11) is 0. The lowest BCUT2D eigenvalue weighted by Gasteiger charge is -2.19. The summed E-state index contributed by atoms with van der Waals surface area (Å²) in [5.41, 5.74) is 1.20. The topological polar surface area (TPSA) is 93.7 Å². The number of alkyl carbamates (subject to hydrolysis) is 1. The second-order valence-electron chi connectivity index (χ2n) is 7.58. The lowest BCUT2D eigenvalue weighted by Crippen LogP contribution is -2.35. The third kappa shape index (κ3) is 9.08. The molecule has 7 nitrogen and oxygen atoms in total. The van der Waals surface area contributed by atoms with Crippen LogP contribution in [0.1, 0.15) is 59.4 Å². The second kappa shape index (κ2) is 9.94. The van der Waals surface area contributed by atoms with Gasteiger partial charge in [0, 0.05) is 12.2 Å². The summed E-state index contributed by atoms with van der Waals surface area (Å²) in [5, 5.41) is 5.17. The van der Waals surface area contributed by atoms with Gasteiger partial charge in [0.1, 0.15) is 5.60 Å². The van der Waals surface area contributed by atoms with Crippen LogP contribution in [0.3, 0.4) is 0 Å². The lowest BCUT2D eigenvalue weighted by molar-refractivity contribution is -0.153. The molecule has 150 valence electrons. The van der Waals surface area contributed by atoms with E-state index < -0.39 is 29.7 Å². The first-order valence-electron chi connectivity index (χ1n) is 9.05. The first-order chi connectivity index (χ1) is 12.5. The maximum atomic E-state index is 12.1. The van der Waals surface area contributed by atoms with Gasteiger partial charge in [-0.2, -0.15) is 0 Å². The Morgan fingerprint density at radius 2 is 1.63 bits per heavy atom. The summed E-state index contributed by atoms with van der Waals surface area (Å²) < 4.78 is 10.1. The van der Waals surface area contributed by atoms with Gasteiger partial charge in [0.05, 0.1) is 6.42 Å². The van der Waals surface area contributed by atoms with E-state index in [0.29, 0.717) is 11.6 Å². The first-order valence-corrected chi connectivity index (χ1v) is 9.05. The van der Waals surface area contributed by atoms with Gasteiger partial charge in [0.25, 0.3) is 5.91 Å². The predicted octanol–water partition coefficient (Wildman–Crippen LogP) is 3.60. The van der Waals surface area contributed by atoms with E-state index in [1.165, 1.54) is 12.5 Å². The van der Waals surface area contributed by atoms with Crippen molar-refractivity contribution in [3.05, 3.63) is 29.8 Å². The Balaban J connectivity index is 2.37. The van der Waals surface area contributed by atoms with Gasteiger partial charge in [-0.1, -0.05) is 26.0 Å². The molecule has 0 unspecified atom stereocenters. The number of hydrogen-bond acceptors (Lipinski definition) is 5. The number of rotatable bonds is 7. The van der Waals surface area contributed by atoms with Crippen molar-refractivity contribution in [3.8, 4) is 0 Å². The van der Waals surface area contributed by atoms with Crippen molar-refractivity contribution >= 4 is 23.7 Å². The van der Waals surface area contributed by atoms with Gasteiger partial charge in [-0.05, 0) is 51.3 Å². The van der Waals surface area contributed by atoms with Crippen LogP contribution in [-0.4, -0.2) is 36.2 Å². The number of amides is 2. The SMILES string of the molecule is CC(C)c1ccc(NC(=O)[C@H](C)OC(=O)CCNC(=O)OC(C)(C)C)cc1. The lowest BCUT2D eigenvalue weighted by atomic mass is 10.0. The van der Waals surface area contributed by atoms with Crippen LogP contribution >= 0.6 is 0 Å². The van der Waals surface area contributed by atoms with Crippen molar-refractivity contribution in [2.24, 2.45) is 0 Å². The molecule has 2 N–H and O–H groups in total. The fourth-order valence-corrected chi connectivity index (χ4v) is 2.09. The van der Waals surface area contributed by atoms with E-state index in [1.807, 2.05) is 24.3 Å². The van der Waals surface area contributed by atoms with Crippen LogP contribution in [0.25, 0.3) is 0 Å². The number of hydrogen-bond donors (Lipinski definition) is 2. The monoisotopic (exact) mass is 378 g/mol. The summed E-state index contributed by atoms with van der Waals surface area (Å²) in [5.74, 6) is -0.589. The summed E-state index contributed by atoms with van der Waals surface area (Å²) in [6, 6.07) is 7.51. The van der Waals surface area contributed by atoms with E-state index in [4.69, 9.17) is 9.47 Å². The van der Waals surface area contributed by atoms with Crippen molar-refractivity contribution < 1.29 is 23.9 Å². The number of anilines is 1. The number of carbonyl (C=O) groups excluding carboxylic acids is 3. The van der Waals surface area contributed by atoms with Crippen LogP contribution in [-0.2, 0) is 19.1 Å². The third-order valence-corrected chi connectivity index (χ3v) is 3.52. The molecule has 0 aliphatic rings. The Morgan fingerprint density at radius 3 is 2.15 bits per heavy atom. The third-order valence-electron chi connectivity index (χ3n) is 3.52. The highest BCUT2D eigenvalue weighted by molar-refractivity contribution is 5.95. The first kappa shape index (κ1) is 22.5. The van der Waals surface area contributed by atoms with E-state index in [9.17, 15) is 14.4 Å². The molecule has 0 saturated carbocycles. The summed E-state index contributed by atoms with van der Waals surface area (Å²) in [6.45, 7) is 11.0. The molecule has 0 aromatic heterocycles. The summed E-state index contributed by atoms with van der Waals surface area (Å²) in [4.78, 5) is 35.4. The Bertz CT molecular complexity index is 647. The van der Waals surface area contributed by atoms with E-state index in [-0.39, 0.29) is 13.0 Å². The Morgan fingerprint density at radius 1 is 1.04 bits per heavy atom. The highest BCUT2D eigenvalue weighted by Gasteiger charge is 2.19. The zero-order chi connectivity index (χ0) is 20.6. The Hall–Kier alpha value is -2.57. The number of nitrogens with one attached hydrogen (secondary N) is 2. The molecule has 0 bridgehead atoms. The van der Waals surface area contributed by atoms with Crippen LogP contribution < -0.4 is 10.6 Å². The fourth-order valence-electron chi connectivity index (χ4n) is 2.09. The molecule has 0 aliphatic heterocycles. The maximum absolute atomic E-state index is 12.1. The molecule has 7 heteroatoms. The molecular formula is C20H30N2O5. The maximum Gasteiger partial charge on any atom is 0.407 e. The van der Waals surface area contributed by atoms with Crippen molar-refractivity contribution in [2.45, 2.75) is 65.6 Å². The van der Waals surface area contributed by atoms with Crippen LogP contribution in [0.5, 0.6) is 0 Å². The van der Waals surface area contributed by atoms with Crippen molar-refractivity contribution in [1.82, 2.24) is 5.32 Å². The predicted molar refractivity (Wildman–Crippen MR) is 104 cm³/mol. The van der Waals surface area contributed by atoms with Crippen molar-refractivity contribution in [1.29, 1.82) is 0 Å². The van der Waals surface area contributed by atoms with Crippen molar-refractivity contribution in [2.75, 3.05) is 11.9 Å². The average molecular weight is 378 g/mol. The minimum Gasteiger partial charge on any atom is -0.452 e. The zero-order valence-electron chi connectivity index (χ0n) is 16.9. The molecule has 0 fully saturated rings. The molecule has 1 aromatic carbocycles. The molecule has 27 heavy (non-hydrogen) atoms. The van der Waals surface area contributed by atoms with E-state index in [2.05, 4.69) is 24.5 Å². The molecule has 1 aromatic rings. The van der Waals surface area contributed by atoms with Gasteiger partial charge in [0.2, 0.25) is 0 Å². The van der Waals surface area contributed by atoms with E-state index >= 15 is 0 Å². The van der Waals surface area contributed by atoms with Gasteiger partial charge in [-0.15, -0.1) is 0 Å². The molecule has 0 heterocycles. The van der Waals surface area contributed by atoms with Crippen LogP contribution in [0, 0.1) is 0 Å². The zero-order valence-corrected chi connectivity index (χ0v) is 16.9. The van der Waals surface area contributed by atoms with Crippen LogP contribution in [0.2, 0.25) is 0 Å². The van der Waals surface area contributed by atoms with Gasteiger partial charge >= 0.3 is 12.1 Å². The average Bonchev–Trinajstić information content (AvgIpc) is 2.53. The fraction of sp³-hybridized carbons (Fsp3) is 0.550. The number of ether oxygens (including phenoxy) is 2. The number of esters is 1. The molecule has 0 spiro atoms. The quantitative estimate of drug-likeness (QED) is 0.707. The van der Waals surface area contributed by atoms with Crippen LogP contribution in [0.15, 0.2) is 24.3 Å². The van der Waals surface area contributed by atoms with Gasteiger partial charge < -0.3 is 20.1 Å². The Kier molecular flexibility index (Phi) is 8.28. The van der Waals surface area contributed by atoms with Crippen LogP contribution in [0.4, 0.5) is 10.5 Å². The highest BCUT2D eigenvalue weighted by atomic mass is 16.6. The molecule has 1 rings (SSSR count). The molecular weight excluding hydrogens is 348 g/mol. The molecule has 0 saturated heterocycles. The standard InChI is InChI=1S/C20H30N2O5/c1-13(2)15-7-9-16(10-8-15)22-18(24)14(3)26-17(23)11-12-21-19(25)27-20(4,5)6/h7-10,13-14H,11-12H2,1-6H3,(H,21,25)(H,22,24)/t14-/m0/s1. The normalized spacial score (nSPS) is 12.3. The Labute approximate surface area is 160 Å². The molecule has 2 amide bonds. The smallest absolute Gasteiger partial charge is 0.407 e. The molecule has 1 atom stereocenters. The summed E-state index contributed by atoms with van der Waals surface area (Å²) in [6.07, 6.45) is -1.60. The largest absolute Gasteiger partial charge is 0.452 e. The molecule has 0 aliphatic carbocycles. The number of benzene rings is 1.